The van der Waals surface area contributed by atoms with E-state index in [0.29, 0.717) is 6.61 Å². The first-order valence-electron chi connectivity index (χ1n) is 7.54. The number of hydrogen-bond donors (Lipinski definition) is 4. The highest BCUT2D eigenvalue weighted by Gasteiger charge is 2.43. The zero-order valence-electron chi connectivity index (χ0n) is 12.1. The van der Waals surface area contributed by atoms with E-state index < -0.39 is 37.3 Å². The van der Waals surface area contributed by atoms with Crippen LogP contribution in [0.3, 0.4) is 0 Å². The van der Waals surface area contributed by atoms with Gasteiger partial charge in [0.2, 0.25) is 0 Å². The van der Waals surface area contributed by atoms with E-state index in [0.717, 1.165) is 19.3 Å². The predicted molar refractivity (Wildman–Crippen MR) is 73.1 cm³/mol. The van der Waals surface area contributed by atoms with E-state index in [-0.39, 0.29) is 0 Å². The Morgan fingerprint density at radius 2 is 1.55 bits per heavy atom. The first kappa shape index (κ1) is 17.8. The van der Waals surface area contributed by atoms with Crippen LogP contribution in [0.2, 0.25) is 0 Å². The van der Waals surface area contributed by atoms with Crippen molar-refractivity contribution >= 4 is 0 Å². The van der Waals surface area contributed by atoms with E-state index in [1.165, 1.54) is 19.3 Å². The second kappa shape index (κ2) is 9.65. The highest BCUT2D eigenvalue weighted by atomic mass is 16.7. The van der Waals surface area contributed by atoms with Crippen molar-refractivity contribution in [3.63, 3.8) is 0 Å². The van der Waals surface area contributed by atoms with Crippen LogP contribution in [0, 0.1) is 0 Å². The fourth-order valence-electron chi connectivity index (χ4n) is 2.29. The lowest BCUT2D eigenvalue weighted by atomic mass is 9.99. The number of aliphatic hydroxyl groups is 4. The van der Waals surface area contributed by atoms with Crippen molar-refractivity contribution in [3.8, 4) is 0 Å². The third-order valence-corrected chi connectivity index (χ3v) is 3.63. The van der Waals surface area contributed by atoms with Crippen LogP contribution in [0.1, 0.15) is 45.4 Å². The lowest BCUT2D eigenvalue weighted by Gasteiger charge is -2.39. The number of unbranched alkanes of at least 4 members (excludes halogenated alkanes) is 5. The minimum atomic E-state index is -1.37. The van der Waals surface area contributed by atoms with Crippen LogP contribution in [-0.2, 0) is 9.47 Å². The monoisotopic (exact) mass is 292 g/mol. The summed E-state index contributed by atoms with van der Waals surface area (Å²) in [5, 5.41) is 38.0. The summed E-state index contributed by atoms with van der Waals surface area (Å²) >= 11 is 0. The molecule has 0 aromatic rings. The smallest absolute Gasteiger partial charge is 0.186 e. The van der Waals surface area contributed by atoms with Crippen LogP contribution in [0.4, 0.5) is 0 Å². The van der Waals surface area contributed by atoms with Crippen LogP contribution >= 0.6 is 0 Å². The Labute approximate surface area is 120 Å². The van der Waals surface area contributed by atoms with Gasteiger partial charge in [-0.05, 0) is 6.42 Å². The molecule has 0 radical (unpaired) electrons. The van der Waals surface area contributed by atoms with Crippen LogP contribution < -0.4 is 0 Å². The van der Waals surface area contributed by atoms with E-state index in [4.69, 9.17) is 14.6 Å². The fraction of sp³-hybridized carbons (Fsp3) is 1.00. The van der Waals surface area contributed by atoms with Gasteiger partial charge in [-0.15, -0.1) is 0 Å². The molecular weight excluding hydrogens is 264 g/mol. The minimum absolute atomic E-state index is 0.425. The third-order valence-electron chi connectivity index (χ3n) is 3.63. The second-order valence-corrected chi connectivity index (χ2v) is 5.34. The maximum absolute atomic E-state index is 9.75. The summed E-state index contributed by atoms with van der Waals surface area (Å²) in [4.78, 5) is 0. The molecule has 120 valence electrons. The largest absolute Gasteiger partial charge is 0.394 e. The highest BCUT2D eigenvalue weighted by Crippen LogP contribution is 2.22. The molecule has 5 atom stereocenters. The van der Waals surface area contributed by atoms with Gasteiger partial charge in [-0.3, -0.25) is 0 Å². The summed E-state index contributed by atoms with van der Waals surface area (Å²) in [6.07, 6.45) is 0.851. The van der Waals surface area contributed by atoms with Crippen molar-refractivity contribution in [2.45, 2.75) is 76.2 Å². The molecular formula is C14H28O6. The molecule has 6 nitrogen and oxygen atoms in total. The van der Waals surface area contributed by atoms with Gasteiger partial charge in [-0.1, -0.05) is 39.0 Å². The number of rotatable bonds is 9. The molecule has 1 rings (SSSR count). The van der Waals surface area contributed by atoms with Gasteiger partial charge in [0.15, 0.2) is 6.29 Å². The summed E-state index contributed by atoms with van der Waals surface area (Å²) in [5.74, 6) is 0. The van der Waals surface area contributed by atoms with Crippen molar-refractivity contribution in [3.05, 3.63) is 0 Å². The Morgan fingerprint density at radius 3 is 2.20 bits per heavy atom. The molecule has 1 saturated heterocycles. The van der Waals surface area contributed by atoms with E-state index in [1.807, 2.05) is 0 Å². The van der Waals surface area contributed by atoms with Crippen molar-refractivity contribution in [1.29, 1.82) is 0 Å². The first-order chi connectivity index (χ1) is 9.61. The molecule has 0 aromatic heterocycles. The van der Waals surface area contributed by atoms with Crippen LogP contribution in [0.5, 0.6) is 0 Å². The molecule has 0 aromatic carbocycles. The molecule has 0 spiro atoms. The van der Waals surface area contributed by atoms with Gasteiger partial charge in [-0.2, -0.15) is 0 Å². The zero-order valence-corrected chi connectivity index (χ0v) is 12.1. The summed E-state index contributed by atoms with van der Waals surface area (Å²) < 4.78 is 10.6. The molecule has 1 fully saturated rings. The number of aliphatic hydroxyl groups excluding tert-OH is 4. The molecule has 0 aliphatic carbocycles. The lowest BCUT2D eigenvalue weighted by Crippen LogP contribution is -2.59. The maximum atomic E-state index is 9.75. The quantitative estimate of drug-likeness (QED) is 0.452. The van der Waals surface area contributed by atoms with Crippen molar-refractivity contribution < 1.29 is 29.9 Å². The van der Waals surface area contributed by atoms with E-state index in [2.05, 4.69) is 6.92 Å². The van der Waals surface area contributed by atoms with Crippen LogP contribution in [0.25, 0.3) is 0 Å². The summed E-state index contributed by atoms with van der Waals surface area (Å²) in [6.45, 7) is 2.17. The van der Waals surface area contributed by atoms with Gasteiger partial charge in [0.25, 0.3) is 0 Å². The third kappa shape index (κ3) is 5.27. The first-order valence-corrected chi connectivity index (χ1v) is 7.54. The zero-order chi connectivity index (χ0) is 15.0. The summed E-state index contributed by atoms with van der Waals surface area (Å²) in [5.41, 5.74) is 0. The fourth-order valence-corrected chi connectivity index (χ4v) is 2.29. The Hall–Kier alpha value is -0.240. The number of hydrogen-bond acceptors (Lipinski definition) is 6. The van der Waals surface area contributed by atoms with E-state index in [9.17, 15) is 15.3 Å². The van der Waals surface area contributed by atoms with Crippen molar-refractivity contribution in [2.24, 2.45) is 0 Å². The Morgan fingerprint density at radius 1 is 0.900 bits per heavy atom. The molecule has 0 saturated carbocycles. The highest BCUT2D eigenvalue weighted by molar-refractivity contribution is 4.88. The topological polar surface area (TPSA) is 99.4 Å². The molecule has 0 unspecified atom stereocenters. The van der Waals surface area contributed by atoms with Gasteiger partial charge in [0, 0.05) is 6.61 Å². The number of ether oxygens (including phenoxy) is 2. The van der Waals surface area contributed by atoms with E-state index >= 15 is 0 Å². The molecule has 1 aliphatic rings. The molecule has 1 heterocycles. The molecule has 0 bridgehead atoms. The van der Waals surface area contributed by atoms with Crippen molar-refractivity contribution in [2.75, 3.05) is 13.2 Å². The van der Waals surface area contributed by atoms with Gasteiger partial charge in [0.1, 0.15) is 24.4 Å². The van der Waals surface area contributed by atoms with Gasteiger partial charge < -0.3 is 29.9 Å². The minimum Gasteiger partial charge on any atom is -0.394 e. The molecule has 1 aliphatic heterocycles. The average Bonchev–Trinajstić information content (AvgIpc) is 2.46. The predicted octanol–water partition coefficient (Wildman–Crippen LogP) is 0.163. The van der Waals surface area contributed by atoms with Crippen LogP contribution in [0.15, 0.2) is 0 Å². The normalized spacial score (nSPS) is 34.4. The van der Waals surface area contributed by atoms with Gasteiger partial charge >= 0.3 is 0 Å². The molecule has 4 N–H and O–H groups in total. The molecule has 20 heavy (non-hydrogen) atoms. The SMILES string of the molecule is CCCCCCCCO[C@H]1O[C@H](CO)[C@@H](O)[C@H](O)[C@@H]1O. The summed E-state index contributed by atoms with van der Waals surface area (Å²) in [6, 6.07) is 0. The Balaban J connectivity index is 2.21. The lowest BCUT2D eigenvalue weighted by molar-refractivity contribution is -0.301. The molecule has 0 amide bonds. The molecule has 6 heteroatoms. The van der Waals surface area contributed by atoms with Gasteiger partial charge in [0.05, 0.1) is 6.61 Å². The van der Waals surface area contributed by atoms with Crippen LogP contribution in [-0.4, -0.2) is 64.3 Å². The van der Waals surface area contributed by atoms with Gasteiger partial charge in [-0.25, -0.2) is 0 Å². The standard InChI is InChI=1S/C14H28O6/c1-2-3-4-5-6-7-8-19-14-13(18)12(17)11(16)10(9-15)20-14/h10-18H,2-9H2,1H3/t10-,11-,12+,13+,14+/m1/s1. The average molecular weight is 292 g/mol. The summed E-state index contributed by atoms with van der Waals surface area (Å²) in [7, 11) is 0. The second-order valence-electron chi connectivity index (χ2n) is 5.34. The van der Waals surface area contributed by atoms with Crippen molar-refractivity contribution in [1.82, 2.24) is 0 Å². The maximum Gasteiger partial charge on any atom is 0.186 e. The Kier molecular flexibility index (Phi) is 8.60. The van der Waals surface area contributed by atoms with E-state index in [1.54, 1.807) is 0 Å². The Bertz CT molecular complexity index is 248.